The molecule has 1 amide bonds. The minimum absolute atomic E-state index is 0.169. The van der Waals surface area contributed by atoms with Gasteiger partial charge < -0.3 is 5.32 Å². The maximum Gasteiger partial charge on any atom is 0.272 e. The van der Waals surface area contributed by atoms with Gasteiger partial charge in [0, 0.05) is 6.04 Å². The lowest BCUT2D eigenvalue weighted by Gasteiger charge is -2.28. The standard InChI is InChI=1S/C13H18ClN3O/c1-9(10-5-3-2-4-6-10)15-13(18)11-7-8-12(14)17-16-11/h7-10H,2-6H2,1H3,(H,15,18). The summed E-state index contributed by atoms with van der Waals surface area (Å²) in [4.78, 5) is 12.0. The van der Waals surface area contributed by atoms with E-state index in [-0.39, 0.29) is 11.9 Å². The van der Waals surface area contributed by atoms with E-state index in [9.17, 15) is 4.79 Å². The molecule has 1 saturated carbocycles. The molecule has 2 rings (SSSR count). The van der Waals surface area contributed by atoms with Crippen LogP contribution < -0.4 is 5.32 Å². The van der Waals surface area contributed by atoms with Gasteiger partial charge in [0.15, 0.2) is 10.8 Å². The van der Waals surface area contributed by atoms with Crippen LogP contribution in [0, 0.1) is 5.92 Å². The predicted octanol–water partition coefficient (Wildman–Crippen LogP) is 2.83. The van der Waals surface area contributed by atoms with Gasteiger partial charge in [-0.15, -0.1) is 10.2 Å². The van der Waals surface area contributed by atoms with Crippen LogP contribution in [0.2, 0.25) is 5.15 Å². The molecule has 0 spiro atoms. The molecule has 0 aromatic carbocycles. The fraction of sp³-hybridized carbons (Fsp3) is 0.615. The zero-order valence-corrected chi connectivity index (χ0v) is 11.3. The smallest absolute Gasteiger partial charge is 0.272 e. The number of carbonyl (C=O) groups is 1. The summed E-state index contributed by atoms with van der Waals surface area (Å²) in [7, 11) is 0. The van der Waals surface area contributed by atoms with Crippen molar-refractivity contribution >= 4 is 17.5 Å². The molecule has 4 nitrogen and oxygen atoms in total. The molecule has 98 valence electrons. The highest BCUT2D eigenvalue weighted by atomic mass is 35.5. The molecule has 0 bridgehead atoms. The highest BCUT2D eigenvalue weighted by molar-refractivity contribution is 6.29. The van der Waals surface area contributed by atoms with Gasteiger partial charge in [-0.05, 0) is 37.8 Å². The van der Waals surface area contributed by atoms with E-state index in [0.717, 1.165) is 0 Å². The Morgan fingerprint density at radius 1 is 1.33 bits per heavy atom. The van der Waals surface area contributed by atoms with Crippen molar-refractivity contribution < 1.29 is 4.79 Å². The summed E-state index contributed by atoms with van der Waals surface area (Å²) >= 11 is 5.64. The molecule has 1 unspecified atom stereocenters. The van der Waals surface area contributed by atoms with Gasteiger partial charge >= 0.3 is 0 Å². The second-order valence-electron chi connectivity index (χ2n) is 4.90. The van der Waals surface area contributed by atoms with Crippen LogP contribution in [0.4, 0.5) is 0 Å². The third kappa shape index (κ3) is 3.42. The average molecular weight is 268 g/mol. The molecule has 1 N–H and O–H groups in total. The lowest BCUT2D eigenvalue weighted by Crippen LogP contribution is -2.39. The van der Waals surface area contributed by atoms with Crippen LogP contribution in [0.3, 0.4) is 0 Å². The van der Waals surface area contributed by atoms with Crippen LogP contribution in [-0.4, -0.2) is 22.1 Å². The Hall–Kier alpha value is -1.16. The monoisotopic (exact) mass is 267 g/mol. The SMILES string of the molecule is CC(NC(=O)c1ccc(Cl)nn1)C1CCCCC1. The van der Waals surface area contributed by atoms with Gasteiger partial charge in [0.25, 0.3) is 5.91 Å². The Kier molecular flexibility index (Phi) is 4.53. The molecular formula is C13H18ClN3O. The second-order valence-corrected chi connectivity index (χ2v) is 5.29. The summed E-state index contributed by atoms with van der Waals surface area (Å²) < 4.78 is 0. The molecule has 0 aliphatic heterocycles. The summed E-state index contributed by atoms with van der Waals surface area (Å²) in [5, 5.41) is 10.8. The average Bonchev–Trinajstić information content (AvgIpc) is 2.40. The van der Waals surface area contributed by atoms with Crippen LogP contribution in [0.1, 0.15) is 49.5 Å². The minimum Gasteiger partial charge on any atom is -0.348 e. The van der Waals surface area contributed by atoms with E-state index in [2.05, 4.69) is 22.4 Å². The third-order valence-electron chi connectivity index (χ3n) is 3.58. The molecular weight excluding hydrogens is 250 g/mol. The number of hydrogen-bond donors (Lipinski definition) is 1. The quantitative estimate of drug-likeness (QED) is 0.916. The van der Waals surface area contributed by atoms with E-state index in [1.807, 2.05) is 0 Å². The van der Waals surface area contributed by atoms with Gasteiger partial charge in [0.2, 0.25) is 0 Å². The summed E-state index contributed by atoms with van der Waals surface area (Å²) in [5.41, 5.74) is 0.321. The lowest BCUT2D eigenvalue weighted by molar-refractivity contribution is 0.0913. The number of aromatic nitrogens is 2. The maximum absolute atomic E-state index is 12.0. The van der Waals surface area contributed by atoms with E-state index in [4.69, 9.17) is 11.6 Å². The zero-order valence-electron chi connectivity index (χ0n) is 10.5. The largest absolute Gasteiger partial charge is 0.348 e. The predicted molar refractivity (Wildman–Crippen MR) is 70.5 cm³/mol. The first-order valence-corrected chi connectivity index (χ1v) is 6.84. The number of hydrogen-bond acceptors (Lipinski definition) is 3. The first kappa shape index (κ1) is 13.3. The Labute approximate surface area is 112 Å². The summed E-state index contributed by atoms with van der Waals surface area (Å²) in [6, 6.07) is 3.36. The number of nitrogens with one attached hydrogen (secondary N) is 1. The van der Waals surface area contributed by atoms with E-state index in [1.165, 1.54) is 32.1 Å². The normalized spacial score (nSPS) is 18.3. The molecule has 1 heterocycles. The van der Waals surface area contributed by atoms with Crippen molar-refractivity contribution in [1.82, 2.24) is 15.5 Å². The van der Waals surface area contributed by atoms with Gasteiger partial charge in [0.1, 0.15) is 0 Å². The number of halogens is 1. The van der Waals surface area contributed by atoms with Crippen LogP contribution in [0.25, 0.3) is 0 Å². The second kappa shape index (κ2) is 6.14. The molecule has 5 heteroatoms. The van der Waals surface area contributed by atoms with E-state index in [1.54, 1.807) is 12.1 Å². The highest BCUT2D eigenvalue weighted by Crippen LogP contribution is 2.26. The molecule has 0 radical (unpaired) electrons. The first-order chi connectivity index (χ1) is 8.66. The molecule has 1 aromatic rings. The van der Waals surface area contributed by atoms with Gasteiger partial charge in [-0.2, -0.15) is 0 Å². The van der Waals surface area contributed by atoms with Crippen molar-refractivity contribution in [2.75, 3.05) is 0 Å². The van der Waals surface area contributed by atoms with Gasteiger partial charge in [0.05, 0.1) is 0 Å². The molecule has 0 saturated heterocycles. The maximum atomic E-state index is 12.0. The first-order valence-electron chi connectivity index (χ1n) is 6.47. The lowest BCUT2D eigenvalue weighted by atomic mass is 9.84. The van der Waals surface area contributed by atoms with Crippen molar-refractivity contribution in [3.05, 3.63) is 23.0 Å². The topological polar surface area (TPSA) is 54.9 Å². The Bertz CT molecular complexity index is 401. The highest BCUT2D eigenvalue weighted by Gasteiger charge is 2.22. The van der Waals surface area contributed by atoms with Gasteiger partial charge in [-0.25, -0.2) is 0 Å². The summed E-state index contributed by atoms with van der Waals surface area (Å²) in [5.74, 6) is 0.417. The zero-order chi connectivity index (χ0) is 13.0. The Balaban J connectivity index is 1.91. The van der Waals surface area contributed by atoms with Gasteiger partial charge in [-0.1, -0.05) is 30.9 Å². The number of carbonyl (C=O) groups excluding carboxylic acids is 1. The van der Waals surface area contributed by atoms with Gasteiger partial charge in [-0.3, -0.25) is 4.79 Å². The van der Waals surface area contributed by atoms with Crippen molar-refractivity contribution in [3.8, 4) is 0 Å². The number of amides is 1. The molecule has 18 heavy (non-hydrogen) atoms. The third-order valence-corrected chi connectivity index (χ3v) is 3.78. The Morgan fingerprint density at radius 2 is 2.06 bits per heavy atom. The van der Waals surface area contributed by atoms with Crippen molar-refractivity contribution in [3.63, 3.8) is 0 Å². The molecule has 1 aromatic heterocycles. The fourth-order valence-electron chi connectivity index (χ4n) is 2.47. The number of nitrogens with zero attached hydrogens (tertiary/aromatic N) is 2. The van der Waals surface area contributed by atoms with Crippen LogP contribution in [-0.2, 0) is 0 Å². The molecule has 1 atom stereocenters. The Morgan fingerprint density at radius 3 is 2.67 bits per heavy atom. The number of rotatable bonds is 3. The molecule has 1 aliphatic rings. The molecule has 1 fully saturated rings. The van der Waals surface area contributed by atoms with Crippen molar-refractivity contribution in [1.29, 1.82) is 0 Å². The van der Waals surface area contributed by atoms with Crippen LogP contribution in [0.5, 0.6) is 0 Å². The van der Waals surface area contributed by atoms with E-state index < -0.39 is 0 Å². The van der Waals surface area contributed by atoms with Crippen molar-refractivity contribution in [2.45, 2.75) is 45.1 Å². The summed E-state index contributed by atoms with van der Waals surface area (Å²) in [6.45, 7) is 2.07. The molecule has 1 aliphatic carbocycles. The van der Waals surface area contributed by atoms with E-state index >= 15 is 0 Å². The fourth-order valence-corrected chi connectivity index (χ4v) is 2.57. The van der Waals surface area contributed by atoms with Crippen molar-refractivity contribution in [2.24, 2.45) is 5.92 Å². The van der Waals surface area contributed by atoms with Crippen LogP contribution in [0.15, 0.2) is 12.1 Å². The van der Waals surface area contributed by atoms with Crippen LogP contribution >= 0.6 is 11.6 Å². The minimum atomic E-state index is -0.169. The van der Waals surface area contributed by atoms with E-state index in [0.29, 0.717) is 16.8 Å². The summed E-state index contributed by atoms with van der Waals surface area (Å²) in [6.07, 6.45) is 6.26.